The minimum absolute atomic E-state index is 0.0415. The summed E-state index contributed by atoms with van der Waals surface area (Å²) in [6.07, 6.45) is 1.06. The molecule has 1 amide bonds. The van der Waals surface area contributed by atoms with Gasteiger partial charge in [-0.3, -0.25) is 4.79 Å². The van der Waals surface area contributed by atoms with Gasteiger partial charge in [0.05, 0.1) is 10.6 Å². The molecular weight excluding hydrogens is 293 g/mol. The van der Waals surface area contributed by atoms with Crippen LogP contribution in [0, 0.1) is 12.7 Å². The first-order chi connectivity index (χ1) is 9.77. The third-order valence-electron chi connectivity index (χ3n) is 2.89. The Bertz CT molecular complexity index is 800. The van der Waals surface area contributed by atoms with Crippen LogP contribution in [0.3, 0.4) is 0 Å². The molecule has 0 radical (unpaired) electrons. The van der Waals surface area contributed by atoms with Gasteiger partial charge < -0.3 is 5.32 Å². The highest BCUT2D eigenvalue weighted by atomic mass is 32.2. The summed E-state index contributed by atoms with van der Waals surface area (Å²) in [6, 6.07) is 9.97. The van der Waals surface area contributed by atoms with Gasteiger partial charge in [0.1, 0.15) is 5.82 Å². The van der Waals surface area contributed by atoms with Crippen LogP contribution < -0.4 is 5.32 Å². The van der Waals surface area contributed by atoms with E-state index in [1.165, 1.54) is 36.4 Å². The van der Waals surface area contributed by atoms with Gasteiger partial charge in [0, 0.05) is 11.8 Å². The SMILES string of the molecule is Cc1ccc(F)c(NC(=O)c2cccc(S(C)(=O)=O)c2)c1. The van der Waals surface area contributed by atoms with E-state index in [-0.39, 0.29) is 16.1 Å². The van der Waals surface area contributed by atoms with Crippen molar-refractivity contribution < 1.29 is 17.6 Å². The standard InChI is InChI=1S/C15H14FNO3S/c1-10-6-7-13(16)14(8-10)17-15(18)11-4-3-5-12(9-11)21(2,19)20/h3-9H,1-2H3,(H,17,18). The van der Waals surface area contributed by atoms with Crippen molar-refractivity contribution in [2.45, 2.75) is 11.8 Å². The van der Waals surface area contributed by atoms with Crippen molar-refractivity contribution in [3.63, 3.8) is 0 Å². The first-order valence-corrected chi connectivity index (χ1v) is 8.04. The normalized spacial score (nSPS) is 11.2. The fourth-order valence-corrected chi connectivity index (χ4v) is 2.46. The third kappa shape index (κ3) is 3.66. The number of halogens is 1. The quantitative estimate of drug-likeness (QED) is 0.948. The van der Waals surface area contributed by atoms with Crippen molar-refractivity contribution in [2.75, 3.05) is 11.6 Å². The molecule has 0 aliphatic heterocycles. The average Bonchev–Trinajstić information content (AvgIpc) is 2.42. The molecule has 0 unspecified atom stereocenters. The summed E-state index contributed by atoms with van der Waals surface area (Å²) in [4.78, 5) is 12.1. The van der Waals surface area contributed by atoms with Gasteiger partial charge in [-0.2, -0.15) is 0 Å². The van der Waals surface area contributed by atoms with E-state index in [0.717, 1.165) is 11.8 Å². The minimum atomic E-state index is -3.40. The van der Waals surface area contributed by atoms with E-state index < -0.39 is 21.6 Å². The number of sulfone groups is 1. The first kappa shape index (κ1) is 15.2. The van der Waals surface area contributed by atoms with Gasteiger partial charge in [0.2, 0.25) is 0 Å². The van der Waals surface area contributed by atoms with Crippen LogP contribution in [0.5, 0.6) is 0 Å². The van der Waals surface area contributed by atoms with E-state index in [2.05, 4.69) is 5.32 Å². The second-order valence-corrected chi connectivity index (χ2v) is 6.75. The zero-order chi connectivity index (χ0) is 15.6. The molecule has 2 aromatic rings. The summed E-state index contributed by atoms with van der Waals surface area (Å²) in [5.74, 6) is -1.11. The van der Waals surface area contributed by atoms with Crippen LogP contribution in [0.4, 0.5) is 10.1 Å². The highest BCUT2D eigenvalue weighted by Gasteiger charge is 2.13. The molecule has 0 atom stereocenters. The van der Waals surface area contributed by atoms with Crippen LogP contribution in [0.15, 0.2) is 47.4 Å². The maximum atomic E-state index is 13.6. The Balaban J connectivity index is 2.31. The molecule has 0 aromatic heterocycles. The Labute approximate surface area is 122 Å². The fourth-order valence-electron chi connectivity index (χ4n) is 1.80. The number of carbonyl (C=O) groups is 1. The Kier molecular flexibility index (Phi) is 4.09. The van der Waals surface area contributed by atoms with Crippen molar-refractivity contribution in [1.82, 2.24) is 0 Å². The average molecular weight is 307 g/mol. The number of aryl methyl sites for hydroxylation is 1. The van der Waals surface area contributed by atoms with E-state index in [1.54, 1.807) is 13.0 Å². The fraction of sp³-hybridized carbons (Fsp3) is 0.133. The molecule has 0 aliphatic carbocycles. The molecule has 0 spiro atoms. The van der Waals surface area contributed by atoms with Gasteiger partial charge >= 0.3 is 0 Å². The van der Waals surface area contributed by atoms with Gasteiger partial charge in [-0.1, -0.05) is 12.1 Å². The van der Waals surface area contributed by atoms with Crippen LogP contribution in [-0.2, 0) is 9.84 Å². The van der Waals surface area contributed by atoms with Gasteiger partial charge in [-0.05, 0) is 42.8 Å². The zero-order valence-electron chi connectivity index (χ0n) is 11.6. The molecule has 21 heavy (non-hydrogen) atoms. The third-order valence-corrected chi connectivity index (χ3v) is 4.00. The van der Waals surface area contributed by atoms with Crippen molar-refractivity contribution in [3.05, 3.63) is 59.4 Å². The number of amides is 1. The molecule has 0 fully saturated rings. The molecule has 4 nitrogen and oxygen atoms in total. The molecule has 0 heterocycles. The molecule has 0 saturated carbocycles. The molecule has 2 aromatic carbocycles. The summed E-state index contributed by atoms with van der Waals surface area (Å²) in [5, 5.41) is 2.44. The van der Waals surface area contributed by atoms with Crippen LogP contribution >= 0.6 is 0 Å². The molecule has 2 rings (SSSR count). The number of hydrogen-bond acceptors (Lipinski definition) is 3. The largest absolute Gasteiger partial charge is 0.319 e. The highest BCUT2D eigenvalue weighted by molar-refractivity contribution is 7.90. The summed E-state index contributed by atoms with van der Waals surface area (Å²) < 4.78 is 36.5. The Morgan fingerprint density at radius 1 is 1.14 bits per heavy atom. The topological polar surface area (TPSA) is 63.2 Å². The van der Waals surface area contributed by atoms with Gasteiger partial charge in [-0.15, -0.1) is 0 Å². The van der Waals surface area contributed by atoms with E-state index in [4.69, 9.17) is 0 Å². The highest BCUT2D eigenvalue weighted by Crippen LogP contribution is 2.18. The summed E-state index contributed by atoms with van der Waals surface area (Å²) >= 11 is 0. The molecular formula is C15H14FNO3S. The Hall–Kier alpha value is -2.21. The minimum Gasteiger partial charge on any atom is -0.319 e. The second kappa shape index (κ2) is 5.65. The summed E-state index contributed by atoms with van der Waals surface area (Å²) in [5.41, 5.74) is 1.01. The molecule has 6 heteroatoms. The number of benzene rings is 2. The lowest BCUT2D eigenvalue weighted by atomic mass is 10.2. The van der Waals surface area contributed by atoms with E-state index in [1.807, 2.05) is 0 Å². The Morgan fingerprint density at radius 3 is 2.52 bits per heavy atom. The number of rotatable bonds is 3. The molecule has 0 aliphatic rings. The molecule has 0 saturated heterocycles. The predicted molar refractivity (Wildman–Crippen MR) is 78.6 cm³/mol. The predicted octanol–water partition coefficient (Wildman–Crippen LogP) is 2.79. The number of carbonyl (C=O) groups excluding carboxylic acids is 1. The maximum Gasteiger partial charge on any atom is 0.255 e. The number of anilines is 1. The van der Waals surface area contributed by atoms with Gasteiger partial charge in [-0.25, -0.2) is 12.8 Å². The Morgan fingerprint density at radius 2 is 1.86 bits per heavy atom. The maximum absolute atomic E-state index is 13.6. The lowest BCUT2D eigenvalue weighted by Crippen LogP contribution is -2.13. The first-order valence-electron chi connectivity index (χ1n) is 6.15. The van der Waals surface area contributed by atoms with E-state index in [9.17, 15) is 17.6 Å². The van der Waals surface area contributed by atoms with Gasteiger partial charge in [0.25, 0.3) is 5.91 Å². The second-order valence-electron chi connectivity index (χ2n) is 4.74. The van der Waals surface area contributed by atoms with E-state index in [0.29, 0.717) is 0 Å². The van der Waals surface area contributed by atoms with Crippen LogP contribution in [0.2, 0.25) is 0 Å². The van der Waals surface area contributed by atoms with Crippen LogP contribution in [0.1, 0.15) is 15.9 Å². The number of hydrogen-bond donors (Lipinski definition) is 1. The smallest absolute Gasteiger partial charge is 0.255 e. The molecule has 0 bridgehead atoms. The zero-order valence-corrected chi connectivity index (χ0v) is 12.4. The molecule has 1 N–H and O–H groups in total. The number of nitrogens with one attached hydrogen (secondary N) is 1. The van der Waals surface area contributed by atoms with Crippen molar-refractivity contribution >= 4 is 21.4 Å². The van der Waals surface area contributed by atoms with Crippen molar-refractivity contribution in [2.24, 2.45) is 0 Å². The lowest BCUT2D eigenvalue weighted by Gasteiger charge is -2.08. The van der Waals surface area contributed by atoms with Crippen molar-refractivity contribution in [1.29, 1.82) is 0 Å². The van der Waals surface area contributed by atoms with E-state index >= 15 is 0 Å². The monoisotopic (exact) mass is 307 g/mol. The summed E-state index contributed by atoms with van der Waals surface area (Å²) in [7, 11) is -3.40. The van der Waals surface area contributed by atoms with Crippen molar-refractivity contribution in [3.8, 4) is 0 Å². The lowest BCUT2D eigenvalue weighted by molar-refractivity contribution is 0.102. The van der Waals surface area contributed by atoms with Crippen LogP contribution in [0.25, 0.3) is 0 Å². The molecule has 110 valence electrons. The summed E-state index contributed by atoms with van der Waals surface area (Å²) in [6.45, 7) is 1.78. The van der Waals surface area contributed by atoms with Crippen LogP contribution in [-0.4, -0.2) is 20.6 Å². The van der Waals surface area contributed by atoms with Gasteiger partial charge in [0.15, 0.2) is 9.84 Å².